The molecule has 8 nitrogen and oxygen atoms in total. The Morgan fingerprint density at radius 1 is 0.654 bits per heavy atom. The minimum Gasteiger partial charge on any atom is -0.394 e. The van der Waals surface area contributed by atoms with Crippen molar-refractivity contribution in [1.29, 1.82) is 0 Å². The van der Waals surface area contributed by atoms with E-state index in [4.69, 9.17) is 14.6 Å². The lowest BCUT2D eigenvalue weighted by molar-refractivity contribution is -0.335. The molecule has 0 heterocycles. The number of aliphatic hydroxyl groups excluding tert-OH is 1. The number of aliphatic hydroxyl groups is 1. The third-order valence-electron chi connectivity index (χ3n) is 4.62. The zero-order valence-electron chi connectivity index (χ0n) is 19.3. The Bertz CT molecular complexity index is 310. The first kappa shape index (κ1) is 27.9. The van der Waals surface area contributed by atoms with Gasteiger partial charge in [-0.1, -0.05) is 0 Å². The van der Waals surface area contributed by atoms with Crippen molar-refractivity contribution in [3.05, 3.63) is 0 Å². The van der Waals surface area contributed by atoms with Crippen LogP contribution in [0.25, 0.3) is 0 Å². The molecule has 0 aromatic rings. The Morgan fingerprint density at radius 3 is 1.23 bits per heavy atom. The van der Waals surface area contributed by atoms with Gasteiger partial charge in [-0.05, 0) is 84.3 Å². The Labute approximate surface area is 162 Å². The molecule has 0 aliphatic rings. The van der Waals surface area contributed by atoms with Gasteiger partial charge in [0.25, 0.3) is 0 Å². The minimum atomic E-state index is -0.469. The summed E-state index contributed by atoms with van der Waals surface area (Å²) < 4.78 is 11.4. The second-order valence-electron chi connectivity index (χ2n) is 7.69. The van der Waals surface area contributed by atoms with Crippen molar-refractivity contribution in [1.82, 2.24) is 24.5 Å². The normalized spacial score (nSPS) is 13.2. The molecule has 1 N–H and O–H groups in total. The molecule has 0 unspecified atom stereocenters. The predicted molar refractivity (Wildman–Crippen MR) is 109 cm³/mol. The van der Waals surface area contributed by atoms with E-state index in [1.54, 1.807) is 0 Å². The van der Waals surface area contributed by atoms with Crippen LogP contribution in [0, 0.1) is 0 Å². The first-order chi connectivity index (χ1) is 11.8. The maximum Gasteiger partial charge on any atom is 0.179 e. The van der Waals surface area contributed by atoms with Crippen molar-refractivity contribution >= 4 is 0 Å². The molecular weight excluding hydrogens is 334 g/mol. The highest BCUT2D eigenvalue weighted by Gasteiger charge is 2.42. The summed E-state index contributed by atoms with van der Waals surface area (Å²) >= 11 is 0. The second-order valence-corrected chi connectivity index (χ2v) is 7.69. The molecule has 0 aromatic heterocycles. The first-order valence-corrected chi connectivity index (χ1v) is 8.98. The van der Waals surface area contributed by atoms with Crippen LogP contribution in [0.15, 0.2) is 0 Å². The van der Waals surface area contributed by atoms with Gasteiger partial charge in [0.1, 0.15) is 0 Å². The molecule has 0 radical (unpaired) electrons. The van der Waals surface area contributed by atoms with Crippen molar-refractivity contribution < 1.29 is 14.6 Å². The summed E-state index contributed by atoms with van der Waals surface area (Å²) in [5.74, 6) is -0.938. The molecule has 0 aliphatic carbocycles. The zero-order chi connectivity index (χ0) is 21.1. The Hall–Kier alpha value is -0.320. The monoisotopic (exact) mass is 379 g/mol. The largest absolute Gasteiger partial charge is 0.394 e. The quantitative estimate of drug-likeness (QED) is 0.402. The maximum atomic E-state index is 8.29. The minimum absolute atomic E-state index is 0.118. The third kappa shape index (κ3) is 9.57. The van der Waals surface area contributed by atoms with E-state index in [9.17, 15) is 0 Å². The van der Waals surface area contributed by atoms with Crippen molar-refractivity contribution in [3.63, 3.8) is 0 Å². The molecule has 0 aliphatic heterocycles. The SMILES string of the molecule is CN(C)C(C)(OC(C)(N(C)C)N(C)C)N(C)C.CN(C)CCOCCO. The van der Waals surface area contributed by atoms with Gasteiger partial charge in [-0.3, -0.25) is 19.6 Å². The molecule has 0 saturated heterocycles. The van der Waals surface area contributed by atoms with Gasteiger partial charge in [0.15, 0.2) is 11.7 Å². The van der Waals surface area contributed by atoms with E-state index in [2.05, 4.69) is 33.4 Å². The number of hydrogen-bond acceptors (Lipinski definition) is 8. The molecule has 26 heavy (non-hydrogen) atoms. The second kappa shape index (κ2) is 13.0. The van der Waals surface area contributed by atoms with Crippen LogP contribution in [-0.2, 0) is 9.47 Å². The number of ether oxygens (including phenoxy) is 2. The fourth-order valence-corrected chi connectivity index (χ4v) is 1.95. The summed E-state index contributed by atoms with van der Waals surface area (Å²) in [5.41, 5.74) is 0. The number of rotatable bonds is 11. The van der Waals surface area contributed by atoms with Crippen LogP contribution < -0.4 is 0 Å². The van der Waals surface area contributed by atoms with Crippen LogP contribution in [-0.4, -0.2) is 138 Å². The van der Waals surface area contributed by atoms with E-state index in [1.807, 2.05) is 75.4 Å². The summed E-state index contributed by atoms with van der Waals surface area (Å²) in [6.45, 7) is 6.32. The van der Waals surface area contributed by atoms with Crippen LogP contribution in [0.1, 0.15) is 13.8 Å². The van der Waals surface area contributed by atoms with Gasteiger partial charge in [0, 0.05) is 6.54 Å². The van der Waals surface area contributed by atoms with Gasteiger partial charge in [-0.25, -0.2) is 0 Å². The zero-order valence-corrected chi connectivity index (χ0v) is 19.3. The van der Waals surface area contributed by atoms with E-state index in [-0.39, 0.29) is 6.61 Å². The molecule has 0 fully saturated rings. The lowest BCUT2D eigenvalue weighted by Crippen LogP contribution is -2.65. The molecule has 160 valence electrons. The lowest BCUT2D eigenvalue weighted by Gasteiger charge is -2.51. The van der Waals surface area contributed by atoms with Gasteiger partial charge in [0.2, 0.25) is 0 Å². The summed E-state index contributed by atoms with van der Waals surface area (Å²) in [5, 5.41) is 8.29. The lowest BCUT2D eigenvalue weighted by atomic mass is 10.3. The highest BCUT2D eigenvalue weighted by Crippen LogP contribution is 2.27. The van der Waals surface area contributed by atoms with Crippen LogP contribution in [0.5, 0.6) is 0 Å². The summed E-state index contributed by atoms with van der Waals surface area (Å²) in [4.78, 5) is 10.3. The number of hydrogen-bond donors (Lipinski definition) is 1. The van der Waals surface area contributed by atoms with Crippen molar-refractivity contribution in [2.45, 2.75) is 25.5 Å². The Morgan fingerprint density at radius 2 is 1.00 bits per heavy atom. The molecule has 0 amide bonds. The standard InChI is InChI=1S/C12H30N4O.C6H15NO2/c1-11(13(3)4,14(5)6)17-12(2,15(7)8)16(9)10;1-7(2)3-5-9-6-4-8/h1-10H3;8H,3-6H2,1-2H3. The van der Waals surface area contributed by atoms with Gasteiger partial charge < -0.3 is 19.5 Å². The van der Waals surface area contributed by atoms with Gasteiger partial charge >= 0.3 is 0 Å². The average molecular weight is 380 g/mol. The highest BCUT2D eigenvalue weighted by molar-refractivity contribution is 4.77. The third-order valence-corrected chi connectivity index (χ3v) is 4.62. The van der Waals surface area contributed by atoms with E-state index in [0.717, 1.165) is 6.54 Å². The highest BCUT2D eigenvalue weighted by atomic mass is 16.6. The fraction of sp³-hybridized carbons (Fsp3) is 1.00. The number of likely N-dealkylation sites (N-methyl/N-ethyl adjacent to an activating group) is 1. The maximum absolute atomic E-state index is 8.29. The van der Waals surface area contributed by atoms with Crippen molar-refractivity contribution in [2.75, 3.05) is 96.8 Å². The molecule has 0 spiro atoms. The van der Waals surface area contributed by atoms with E-state index in [0.29, 0.717) is 13.2 Å². The van der Waals surface area contributed by atoms with Crippen LogP contribution >= 0.6 is 0 Å². The summed E-state index contributed by atoms with van der Waals surface area (Å²) in [6.07, 6.45) is 0. The van der Waals surface area contributed by atoms with E-state index < -0.39 is 11.7 Å². The van der Waals surface area contributed by atoms with Gasteiger partial charge in [0.05, 0.1) is 19.8 Å². The smallest absolute Gasteiger partial charge is 0.179 e. The first-order valence-electron chi connectivity index (χ1n) is 8.98. The number of nitrogens with zero attached hydrogens (tertiary/aromatic N) is 5. The van der Waals surface area contributed by atoms with Crippen molar-refractivity contribution in [2.24, 2.45) is 0 Å². The Balaban J connectivity index is 0. The topological polar surface area (TPSA) is 54.9 Å². The Kier molecular flexibility index (Phi) is 13.9. The van der Waals surface area contributed by atoms with Crippen LogP contribution in [0.4, 0.5) is 0 Å². The predicted octanol–water partition coefficient (Wildman–Crippen LogP) is 0.154. The molecular formula is C18H45N5O3. The van der Waals surface area contributed by atoms with Crippen LogP contribution in [0.2, 0.25) is 0 Å². The van der Waals surface area contributed by atoms with Crippen molar-refractivity contribution in [3.8, 4) is 0 Å². The molecule has 8 heteroatoms. The molecule has 0 aromatic carbocycles. The molecule has 0 atom stereocenters. The van der Waals surface area contributed by atoms with E-state index in [1.165, 1.54) is 0 Å². The summed E-state index contributed by atoms with van der Waals surface area (Å²) in [6, 6.07) is 0. The molecule has 0 saturated carbocycles. The molecule has 0 bridgehead atoms. The van der Waals surface area contributed by atoms with Gasteiger partial charge in [-0.15, -0.1) is 0 Å². The summed E-state index contributed by atoms with van der Waals surface area (Å²) in [7, 11) is 20.1. The van der Waals surface area contributed by atoms with E-state index >= 15 is 0 Å². The molecule has 0 rings (SSSR count). The van der Waals surface area contributed by atoms with Crippen LogP contribution in [0.3, 0.4) is 0 Å². The fourth-order valence-electron chi connectivity index (χ4n) is 1.95. The van der Waals surface area contributed by atoms with Gasteiger partial charge in [-0.2, -0.15) is 0 Å². The average Bonchev–Trinajstić information content (AvgIpc) is 2.51.